The van der Waals surface area contributed by atoms with Crippen molar-refractivity contribution in [2.75, 3.05) is 13.2 Å². The fraction of sp³-hybridized carbons (Fsp3) is 0.560. The van der Waals surface area contributed by atoms with Crippen LogP contribution in [0.15, 0.2) is 60.8 Å². The maximum Gasteiger partial charge on any atom is 0.305 e. The minimum absolute atomic E-state index is 0.179. The highest BCUT2D eigenvalue weighted by Gasteiger charge is 2.07. The van der Waals surface area contributed by atoms with Gasteiger partial charge in [-0.2, -0.15) is 0 Å². The smallest absolute Gasteiger partial charge is 0.305 e. The van der Waals surface area contributed by atoms with Crippen LogP contribution in [0.25, 0.3) is 0 Å². The lowest BCUT2D eigenvalue weighted by Gasteiger charge is -2.08. The topological polar surface area (TPSA) is 107 Å². The minimum Gasteiger partial charge on any atom is -0.463 e. The van der Waals surface area contributed by atoms with E-state index in [4.69, 9.17) is 14.9 Å². The van der Waals surface area contributed by atoms with Crippen molar-refractivity contribution in [3.05, 3.63) is 60.8 Å². The van der Waals surface area contributed by atoms with Crippen LogP contribution in [0.1, 0.15) is 58.3 Å². The molecule has 0 bridgehead atoms. The minimum atomic E-state index is -1.02. The average molecular weight is 437 g/mol. The Bertz CT molecular complexity index is 577. The number of hydrogen-bond donors (Lipinski definition) is 4. The van der Waals surface area contributed by atoms with Gasteiger partial charge in [0, 0.05) is 6.42 Å². The largest absolute Gasteiger partial charge is 0.463 e. The predicted octanol–water partition coefficient (Wildman–Crippen LogP) is 3.53. The molecule has 0 fully saturated rings. The number of hydrogen-bond acceptors (Lipinski definition) is 6. The summed E-state index contributed by atoms with van der Waals surface area (Å²) in [6, 6.07) is 0. The summed E-state index contributed by atoms with van der Waals surface area (Å²) in [4.78, 5) is 11.4. The van der Waals surface area contributed by atoms with E-state index < -0.39 is 18.8 Å². The van der Waals surface area contributed by atoms with E-state index in [9.17, 15) is 15.0 Å². The zero-order valence-corrected chi connectivity index (χ0v) is 18.7. The molecule has 3 atom stereocenters. The second-order valence-corrected chi connectivity index (χ2v) is 7.23. The second kappa shape index (κ2) is 21.2. The first kappa shape index (κ1) is 29.0. The van der Waals surface area contributed by atoms with E-state index in [0.29, 0.717) is 12.8 Å². The Kier molecular flexibility index (Phi) is 19.9. The fourth-order valence-corrected chi connectivity index (χ4v) is 2.39. The Morgan fingerprint density at radius 2 is 1.45 bits per heavy atom. The summed E-state index contributed by atoms with van der Waals surface area (Å²) in [5, 5.41) is 37.0. The van der Waals surface area contributed by atoms with Gasteiger partial charge in [0.2, 0.25) is 0 Å². The number of rotatable bonds is 18. The van der Waals surface area contributed by atoms with Gasteiger partial charge in [-0.3, -0.25) is 4.79 Å². The summed E-state index contributed by atoms with van der Waals surface area (Å²) in [7, 11) is 0. The lowest BCUT2D eigenvalue weighted by Crippen LogP contribution is -2.21. The number of aliphatic hydroxyl groups is 4. The van der Waals surface area contributed by atoms with Gasteiger partial charge in [-0.15, -0.1) is 0 Å². The molecule has 4 N–H and O–H groups in total. The standard InChI is InChI=1S/C25H40O6/c1-2-22(27)16-12-9-7-5-3-4-6-8-10-13-17-23(28)18-14-11-15-19-25(30)31-21-24(29)20-26/h3-4,7-10,12-13,16-17,22-24,26-29H,2,5-6,11,14-15,18-21H2,1H3. The Labute approximate surface area is 187 Å². The summed E-state index contributed by atoms with van der Waals surface area (Å²) in [6.45, 7) is 1.33. The van der Waals surface area contributed by atoms with Crippen molar-refractivity contribution in [2.24, 2.45) is 0 Å². The molecule has 6 nitrogen and oxygen atoms in total. The van der Waals surface area contributed by atoms with Gasteiger partial charge < -0.3 is 25.2 Å². The van der Waals surface area contributed by atoms with Crippen molar-refractivity contribution in [2.45, 2.75) is 76.6 Å². The first-order valence-electron chi connectivity index (χ1n) is 11.1. The van der Waals surface area contributed by atoms with Crippen molar-refractivity contribution < 1.29 is 30.0 Å². The van der Waals surface area contributed by atoms with Gasteiger partial charge in [0.05, 0.1) is 18.8 Å². The van der Waals surface area contributed by atoms with Crippen LogP contribution in [0.3, 0.4) is 0 Å². The van der Waals surface area contributed by atoms with Crippen LogP contribution in [-0.4, -0.2) is 57.9 Å². The average Bonchev–Trinajstić information content (AvgIpc) is 2.77. The molecule has 0 saturated heterocycles. The Morgan fingerprint density at radius 1 is 0.839 bits per heavy atom. The van der Waals surface area contributed by atoms with Gasteiger partial charge >= 0.3 is 5.97 Å². The second-order valence-electron chi connectivity index (χ2n) is 7.23. The first-order valence-corrected chi connectivity index (χ1v) is 11.1. The molecule has 176 valence electrons. The molecule has 0 rings (SSSR count). The van der Waals surface area contributed by atoms with Crippen LogP contribution in [0.4, 0.5) is 0 Å². The van der Waals surface area contributed by atoms with Gasteiger partial charge in [0.25, 0.3) is 0 Å². The molecular formula is C25H40O6. The highest BCUT2D eigenvalue weighted by Crippen LogP contribution is 2.08. The molecular weight excluding hydrogens is 396 g/mol. The molecule has 0 aliphatic heterocycles. The number of ether oxygens (including phenoxy) is 1. The molecule has 0 aromatic carbocycles. The number of carbonyl (C=O) groups is 1. The van der Waals surface area contributed by atoms with Crippen LogP contribution >= 0.6 is 0 Å². The van der Waals surface area contributed by atoms with E-state index in [0.717, 1.165) is 32.1 Å². The van der Waals surface area contributed by atoms with E-state index in [-0.39, 0.29) is 25.1 Å². The maximum atomic E-state index is 11.4. The lowest BCUT2D eigenvalue weighted by molar-refractivity contribution is -0.147. The normalized spacial score (nSPS) is 15.6. The molecule has 0 saturated carbocycles. The molecule has 6 heteroatoms. The van der Waals surface area contributed by atoms with Crippen molar-refractivity contribution in [1.82, 2.24) is 0 Å². The van der Waals surface area contributed by atoms with Gasteiger partial charge in [0.15, 0.2) is 0 Å². The van der Waals surface area contributed by atoms with Gasteiger partial charge in [-0.25, -0.2) is 0 Å². The summed E-state index contributed by atoms with van der Waals surface area (Å²) >= 11 is 0. The molecule has 0 spiro atoms. The third-order valence-electron chi connectivity index (χ3n) is 4.32. The van der Waals surface area contributed by atoms with E-state index >= 15 is 0 Å². The first-order chi connectivity index (χ1) is 15.0. The van der Waals surface area contributed by atoms with Gasteiger partial charge in [-0.1, -0.05) is 80.5 Å². The number of allylic oxidation sites excluding steroid dienone is 8. The summed E-state index contributed by atoms with van der Waals surface area (Å²) in [5.74, 6) is -0.383. The van der Waals surface area contributed by atoms with E-state index in [1.54, 1.807) is 12.2 Å². The number of aliphatic hydroxyl groups excluding tert-OH is 4. The van der Waals surface area contributed by atoms with Gasteiger partial charge in [0.1, 0.15) is 12.7 Å². The Balaban J connectivity index is 3.71. The van der Waals surface area contributed by atoms with Gasteiger partial charge in [-0.05, 0) is 32.1 Å². The number of unbranched alkanes of at least 4 members (excludes halogenated alkanes) is 2. The summed E-state index contributed by atoms with van der Waals surface area (Å²) in [5.41, 5.74) is 0. The third kappa shape index (κ3) is 21.0. The fourth-order valence-electron chi connectivity index (χ4n) is 2.39. The van der Waals surface area contributed by atoms with Crippen LogP contribution in [0.2, 0.25) is 0 Å². The van der Waals surface area contributed by atoms with Crippen LogP contribution in [-0.2, 0) is 9.53 Å². The lowest BCUT2D eigenvalue weighted by atomic mass is 10.1. The molecule has 3 unspecified atom stereocenters. The molecule has 0 radical (unpaired) electrons. The van der Waals surface area contributed by atoms with Crippen LogP contribution < -0.4 is 0 Å². The highest BCUT2D eigenvalue weighted by molar-refractivity contribution is 5.69. The molecule has 0 heterocycles. The molecule has 0 aromatic rings. The highest BCUT2D eigenvalue weighted by atomic mass is 16.5. The van der Waals surface area contributed by atoms with E-state index in [1.807, 2.05) is 43.4 Å². The van der Waals surface area contributed by atoms with Crippen molar-refractivity contribution in [1.29, 1.82) is 0 Å². The Morgan fingerprint density at radius 3 is 2.03 bits per heavy atom. The molecule has 0 amide bonds. The predicted molar refractivity (Wildman–Crippen MR) is 124 cm³/mol. The quantitative estimate of drug-likeness (QED) is 0.113. The van der Waals surface area contributed by atoms with E-state index in [1.165, 1.54) is 0 Å². The SMILES string of the molecule is CCC(O)C=CC=CCC=CCC=CC=CC(O)CCCCCC(=O)OCC(O)CO. The molecule has 31 heavy (non-hydrogen) atoms. The van der Waals surface area contributed by atoms with Crippen molar-refractivity contribution >= 4 is 5.97 Å². The summed E-state index contributed by atoms with van der Waals surface area (Å²) < 4.78 is 4.82. The Hall–Kier alpha value is -1.99. The summed E-state index contributed by atoms with van der Waals surface area (Å²) in [6.07, 6.45) is 23.0. The molecule has 0 aliphatic carbocycles. The van der Waals surface area contributed by atoms with Crippen molar-refractivity contribution in [3.63, 3.8) is 0 Å². The number of esters is 1. The molecule has 0 aliphatic rings. The third-order valence-corrected chi connectivity index (χ3v) is 4.32. The zero-order chi connectivity index (χ0) is 23.2. The van der Waals surface area contributed by atoms with Crippen LogP contribution in [0.5, 0.6) is 0 Å². The monoisotopic (exact) mass is 436 g/mol. The molecule has 0 aromatic heterocycles. The van der Waals surface area contributed by atoms with Crippen molar-refractivity contribution in [3.8, 4) is 0 Å². The van der Waals surface area contributed by atoms with E-state index in [2.05, 4.69) is 12.2 Å². The zero-order valence-electron chi connectivity index (χ0n) is 18.7. The maximum absolute atomic E-state index is 11.4. The number of carbonyl (C=O) groups excluding carboxylic acids is 1. The van der Waals surface area contributed by atoms with Crippen LogP contribution in [0, 0.1) is 0 Å².